The Balaban J connectivity index is 2.68. The molecule has 1 unspecified atom stereocenters. The van der Waals surface area contributed by atoms with Crippen LogP contribution in [0.2, 0.25) is 0 Å². The maximum atomic E-state index is 11.0. The smallest absolute Gasteiger partial charge is 0.137 e. The van der Waals surface area contributed by atoms with Crippen LogP contribution in [-0.2, 0) is 15.9 Å². The molecule has 0 aromatic carbocycles. The van der Waals surface area contributed by atoms with Gasteiger partial charge in [0.15, 0.2) is 0 Å². The van der Waals surface area contributed by atoms with E-state index >= 15 is 0 Å². The zero-order chi connectivity index (χ0) is 8.27. The molecule has 0 saturated carbocycles. The predicted molar refractivity (Wildman–Crippen MR) is 46.2 cm³/mol. The van der Waals surface area contributed by atoms with E-state index in [1.165, 1.54) is 0 Å². The van der Waals surface area contributed by atoms with Crippen molar-refractivity contribution in [2.75, 3.05) is 13.4 Å². The Labute approximate surface area is 70.1 Å². The molecule has 1 rings (SSSR count). The van der Waals surface area contributed by atoms with Crippen LogP contribution in [0.15, 0.2) is 22.8 Å². The van der Waals surface area contributed by atoms with E-state index in [1.807, 2.05) is 12.5 Å². The molecule has 61 valence electrons. The topological polar surface area (TPSA) is 32.3 Å². The van der Waals surface area contributed by atoms with Gasteiger partial charge in [-0.05, 0) is 23.7 Å². The Kier molecular flexibility index (Phi) is 3.02. The van der Waals surface area contributed by atoms with Gasteiger partial charge in [0.05, 0.1) is 7.11 Å². The van der Waals surface area contributed by atoms with E-state index in [0.29, 0.717) is 0 Å². The molecule has 1 aliphatic rings. The van der Waals surface area contributed by atoms with E-state index in [1.54, 1.807) is 19.4 Å². The SMILES string of the molecule is COC1=CC[CH]C([S+](C)[O-])=C1. The summed E-state index contributed by atoms with van der Waals surface area (Å²) in [6, 6.07) is 0. The fourth-order valence-electron chi connectivity index (χ4n) is 0.892. The highest BCUT2D eigenvalue weighted by Crippen LogP contribution is 2.20. The number of ether oxygens (including phenoxy) is 1. The number of methoxy groups -OCH3 is 1. The molecule has 0 N–H and O–H groups in total. The zero-order valence-corrected chi connectivity index (χ0v) is 7.48. The summed E-state index contributed by atoms with van der Waals surface area (Å²) in [5.41, 5.74) is 0. The molecule has 0 saturated heterocycles. The molecule has 2 nitrogen and oxygen atoms in total. The Morgan fingerprint density at radius 2 is 2.36 bits per heavy atom. The second kappa shape index (κ2) is 3.83. The quantitative estimate of drug-likeness (QED) is 0.588. The fourth-order valence-corrected chi connectivity index (χ4v) is 1.50. The van der Waals surface area contributed by atoms with Crippen molar-refractivity contribution in [3.8, 4) is 0 Å². The molecule has 0 spiro atoms. The number of hydrogen-bond donors (Lipinski definition) is 0. The van der Waals surface area contributed by atoms with Gasteiger partial charge < -0.3 is 9.29 Å². The second-order valence-corrected chi connectivity index (χ2v) is 3.63. The molecule has 0 heterocycles. The summed E-state index contributed by atoms with van der Waals surface area (Å²) in [6.45, 7) is 0. The van der Waals surface area contributed by atoms with Gasteiger partial charge in [-0.3, -0.25) is 0 Å². The Morgan fingerprint density at radius 3 is 2.91 bits per heavy atom. The summed E-state index contributed by atoms with van der Waals surface area (Å²) in [5, 5.41) is 0. The molecule has 1 radical (unpaired) electrons. The van der Waals surface area contributed by atoms with Gasteiger partial charge in [0.2, 0.25) is 0 Å². The van der Waals surface area contributed by atoms with E-state index in [0.717, 1.165) is 17.1 Å². The highest BCUT2D eigenvalue weighted by atomic mass is 32.2. The molecule has 0 amide bonds. The molecule has 0 aromatic rings. The molecule has 1 atom stereocenters. The van der Waals surface area contributed by atoms with Gasteiger partial charge in [0, 0.05) is 12.5 Å². The lowest BCUT2D eigenvalue weighted by atomic mass is 10.2. The molecule has 0 aliphatic heterocycles. The van der Waals surface area contributed by atoms with Crippen LogP contribution < -0.4 is 0 Å². The molecule has 11 heavy (non-hydrogen) atoms. The van der Waals surface area contributed by atoms with Crippen molar-refractivity contribution >= 4 is 11.2 Å². The summed E-state index contributed by atoms with van der Waals surface area (Å²) < 4.78 is 16.0. The highest BCUT2D eigenvalue weighted by Gasteiger charge is 2.13. The van der Waals surface area contributed by atoms with Gasteiger partial charge in [0.1, 0.15) is 16.9 Å². The van der Waals surface area contributed by atoms with Crippen molar-refractivity contribution in [2.24, 2.45) is 0 Å². The van der Waals surface area contributed by atoms with Crippen molar-refractivity contribution in [3.63, 3.8) is 0 Å². The van der Waals surface area contributed by atoms with Gasteiger partial charge >= 0.3 is 0 Å². The average Bonchev–Trinajstić information content (AvgIpc) is 2.05. The first-order valence-corrected chi connectivity index (χ1v) is 4.92. The van der Waals surface area contributed by atoms with Crippen LogP contribution >= 0.6 is 0 Å². The third-order valence-corrected chi connectivity index (χ3v) is 2.44. The van der Waals surface area contributed by atoms with Crippen LogP contribution in [0.4, 0.5) is 0 Å². The Morgan fingerprint density at radius 1 is 1.64 bits per heavy atom. The zero-order valence-electron chi connectivity index (χ0n) is 6.66. The lowest BCUT2D eigenvalue weighted by Gasteiger charge is -2.12. The minimum Gasteiger partial charge on any atom is -0.612 e. The highest BCUT2D eigenvalue weighted by molar-refractivity contribution is 7.94. The largest absolute Gasteiger partial charge is 0.612 e. The standard InChI is InChI=1S/C8H11O2S/c1-10-7-4-3-5-8(6-7)11(2)9/h4-6H,3H2,1-2H3. The molecule has 0 bridgehead atoms. The minimum absolute atomic E-state index is 0.803. The van der Waals surface area contributed by atoms with Crippen LogP contribution in [0, 0.1) is 6.42 Å². The summed E-state index contributed by atoms with van der Waals surface area (Å²) in [6.07, 6.45) is 8.18. The van der Waals surface area contributed by atoms with Crippen LogP contribution in [0.5, 0.6) is 0 Å². The molecular weight excluding hydrogens is 160 g/mol. The maximum Gasteiger partial charge on any atom is 0.137 e. The predicted octanol–water partition coefficient (Wildman–Crippen LogP) is 1.39. The van der Waals surface area contributed by atoms with E-state index in [-0.39, 0.29) is 0 Å². The van der Waals surface area contributed by atoms with Gasteiger partial charge in [-0.1, -0.05) is 0 Å². The van der Waals surface area contributed by atoms with Gasteiger partial charge in [-0.15, -0.1) is 0 Å². The molecule has 0 fully saturated rings. The number of allylic oxidation sites excluding steroid dienone is 3. The first-order valence-electron chi connectivity index (χ1n) is 3.36. The average molecular weight is 171 g/mol. The first-order chi connectivity index (χ1) is 5.24. The van der Waals surface area contributed by atoms with Gasteiger partial charge in [-0.25, -0.2) is 0 Å². The lowest BCUT2D eigenvalue weighted by Crippen LogP contribution is -2.05. The molecule has 3 heteroatoms. The third-order valence-electron chi connectivity index (χ3n) is 1.49. The van der Waals surface area contributed by atoms with Crippen molar-refractivity contribution in [1.29, 1.82) is 0 Å². The Bertz CT molecular complexity index is 194. The van der Waals surface area contributed by atoms with Gasteiger partial charge in [0.25, 0.3) is 0 Å². The summed E-state index contributed by atoms with van der Waals surface area (Å²) in [5.74, 6) is 0.803. The van der Waals surface area contributed by atoms with E-state index < -0.39 is 11.2 Å². The minimum atomic E-state index is -0.890. The van der Waals surface area contributed by atoms with Crippen molar-refractivity contribution < 1.29 is 9.29 Å². The molecule has 0 aromatic heterocycles. The van der Waals surface area contributed by atoms with Gasteiger partial charge in [-0.2, -0.15) is 0 Å². The summed E-state index contributed by atoms with van der Waals surface area (Å²) in [7, 11) is 1.61. The molecule has 1 aliphatic carbocycles. The normalized spacial score (nSPS) is 20.3. The van der Waals surface area contributed by atoms with Crippen LogP contribution in [0.25, 0.3) is 0 Å². The monoisotopic (exact) mass is 171 g/mol. The maximum absolute atomic E-state index is 11.0. The van der Waals surface area contributed by atoms with Crippen molar-refractivity contribution in [2.45, 2.75) is 6.42 Å². The van der Waals surface area contributed by atoms with Crippen LogP contribution in [0.1, 0.15) is 6.42 Å². The van der Waals surface area contributed by atoms with E-state index in [9.17, 15) is 4.55 Å². The molecular formula is C8H11O2S. The Hall–Kier alpha value is -0.410. The number of hydrogen-bond acceptors (Lipinski definition) is 2. The van der Waals surface area contributed by atoms with E-state index in [4.69, 9.17) is 4.74 Å². The summed E-state index contributed by atoms with van der Waals surface area (Å²) in [4.78, 5) is 0.851. The van der Waals surface area contributed by atoms with E-state index in [2.05, 4.69) is 0 Å². The summed E-state index contributed by atoms with van der Waals surface area (Å²) >= 11 is -0.890. The first kappa shape index (κ1) is 8.68. The van der Waals surface area contributed by atoms with Crippen LogP contribution in [-0.4, -0.2) is 17.9 Å². The lowest BCUT2D eigenvalue weighted by molar-refractivity contribution is 0.304. The number of rotatable bonds is 2. The fraction of sp³-hybridized carbons (Fsp3) is 0.375. The third kappa shape index (κ3) is 2.27. The van der Waals surface area contributed by atoms with Crippen molar-refractivity contribution in [3.05, 3.63) is 29.2 Å². The second-order valence-electron chi connectivity index (χ2n) is 2.25. The van der Waals surface area contributed by atoms with Crippen LogP contribution in [0.3, 0.4) is 0 Å². The van der Waals surface area contributed by atoms with Crippen molar-refractivity contribution in [1.82, 2.24) is 0 Å².